The number of hydrogen-bond acceptors (Lipinski definition) is 5. The average molecular weight is 383 g/mol. The normalized spacial score (nSPS) is 18.7. The highest BCUT2D eigenvalue weighted by Gasteiger charge is 2.32. The number of nitrogens with zero attached hydrogens (tertiary/aromatic N) is 3. The van der Waals surface area contributed by atoms with Crippen molar-refractivity contribution in [3.8, 4) is 17.2 Å². The van der Waals surface area contributed by atoms with Crippen molar-refractivity contribution in [2.24, 2.45) is 0 Å². The molecule has 4 rings (SSSR count). The van der Waals surface area contributed by atoms with Gasteiger partial charge in [-0.3, -0.25) is 4.79 Å². The van der Waals surface area contributed by atoms with Crippen molar-refractivity contribution in [1.29, 1.82) is 0 Å². The molecule has 1 heterocycles. The zero-order chi connectivity index (χ0) is 19.2. The van der Waals surface area contributed by atoms with Crippen LogP contribution in [0.5, 0.6) is 5.75 Å². The van der Waals surface area contributed by atoms with Gasteiger partial charge in [0.25, 0.3) is 5.91 Å². The fraction of sp³-hybridized carbons (Fsp3) is 0.591. The molecule has 0 bridgehead atoms. The van der Waals surface area contributed by atoms with Crippen LogP contribution in [0.15, 0.2) is 35.1 Å². The zero-order valence-electron chi connectivity index (χ0n) is 16.4. The first kappa shape index (κ1) is 19.0. The second kappa shape index (κ2) is 9.22. The molecule has 1 aromatic carbocycles. The first-order chi connectivity index (χ1) is 13.8. The first-order valence-electron chi connectivity index (χ1n) is 10.6. The van der Waals surface area contributed by atoms with E-state index in [2.05, 4.69) is 15.1 Å². The van der Waals surface area contributed by atoms with Gasteiger partial charge in [-0.05, 0) is 49.9 Å². The van der Waals surface area contributed by atoms with Gasteiger partial charge in [0.2, 0.25) is 12.3 Å². The Balaban J connectivity index is 1.39. The monoisotopic (exact) mass is 383 g/mol. The van der Waals surface area contributed by atoms with E-state index in [9.17, 15) is 4.79 Å². The molecule has 0 spiro atoms. The minimum atomic E-state index is 0.104. The van der Waals surface area contributed by atoms with E-state index in [-0.39, 0.29) is 12.5 Å². The quantitative estimate of drug-likeness (QED) is 0.729. The van der Waals surface area contributed by atoms with Crippen LogP contribution in [0.2, 0.25) is 0 Å². The van der Waals surface area contributed by atoms with Crippen molar-refractivity contribution in [3.63, 3.8) is 0 Å². The van der Waals surface area contributed by atoms with Crippen molar-refractivity contribution in [2.45, 2.75) is 76.3 Å². The molecule has 6 heteroatoms. The van der Waals surface area contributed by atoms with Crippen LogP contribution in [-0.2, 0) is 4.79 Å². The molecule has 28 heavy (non-hydrogen) atoms. The molecule has 2 saturated carbocycles. The molecule has 2 aliphatic rings. The molecule has 2 aliphatic carbocycles. The van der Waals surface area contributed by atoms with E-state index in [1.807, 2.05) is 24.3 Å². The highest BCUT2D eigenvalue weighted by molar-refractivity contribution is 5.78. The van der Waals surface area contributed by atoms with Gasteiger partial charge in [-0.1, -0.05) is 38.5 Å². The van der Waals surface area contributed by atoms with Gasteiger partial charge >= 0.3 is 0 Å². The first-order valence-corrected chi connectivity index (χ1v) is 10.6. The second-order valence-corrected chi connectivity index (χ2v) is 7.94. The van der Waals surface area contributed by atoms with E-state index in [4.69, 9.17) is 9.15 Å². The van der Waals surface area contributed by atoms with Crippen molar-refractivity contribution < 1.29 is 13.9 Å². The lowest BCUT2D eigenvalue weighted by atomic mass is 9.88. The summed E-state index contributed by atoms with van der Waals surface area (Å²) in [7, 11) is 0. The number of rotatable bonds is 6. The van der Waals surface area contributed by atoms with Crippen molar-refractivity contribution in [3.05, 3.63) is 30.7 Å². The Morgan fingerprint density at radius 2 is 1.57 bits per heavy atom. The predicted octanol–water partition coefficient (Wildman–Crippen LogP) is 4.61. The minimum Gasteiger partial charge on any atom is -0.484 e. The van der Waals surface area contributed by atoms with E-state index in [1.54, 1.807) is 0 Å². The standard InChI is InChI=1S/C22H29N3O3/c26-21(15-27-20-13-11-17(12-14-20)22-24-23-16-28-22)25(18-7-3-1-4-8-18)19-9-5-2-6-10-19/h11-14,16,18-19H,1-10,15H2. The maximum absolute atomic E-state index is 13.1. The summed E-state index contributed by atoms with van der Waals surface area (Å²) in [6, 6.07) is 8.22. The summed E-state index contributed by atoms with van der Waals surface area (Å²) < 4.78 is 11.0. The molecular formula is C22H29N3O3. The summed E-state index contributed by atoms with van der Waals surface area (Å²) in [6.45, 7) is 0.104. The zero-order valence-corrected chi connectivity index (χ0v) is 16.4. The van der Waals surface area contributed by atoms with Crippen molar-refractivity contribution >= 4 is 5.91 Å². The van der Waals surface area contributed by atoms with Crippen LogP contribution < -0.4 is 4.74 Å². The number of benzene rings is 1. The maximum Gasteiger partial charge on any atom is 0.261 e. The fourth-order valence-electron chi connectivity index (χ4n) is 4.64. The Kier molecular flexibility index (Phi) is 6.24. The van der Waals surface area contributed by atoms with E-state index in [0.29, 0.717) is 23.7 Å². The number of carbonyl (C=O) groups excluding carboxylic acids is 1. The van der Waals surface area contributed by atoms with E-state index in [1.165, 1.54) is 44.9 Å². The van der Waals surface area contributed by atoms with Gasteiger partial charge in [0.1, 0.15) is 5.75 Å². The highest BCUT2D eigenvalue weighted by atomic mass is 16.5. The van der Waals surface area contributed by atoms with Crippen LogP contribution in [0.4, 0.5) is 0 Å². The van der Waals surface area contributed by atoms with Crippen LogP contribution in [-0.4, -0.2) is 39.7 Å². The Hall–Kier alpha value is -2.37. The predicted molar refractivity (Wildman–Crippen MR) is 106 cm³/mol. The van der Waals surface area contributed by atoms with Gasteiger partial charge in [-0.25, -0.2) is 0 Å². The largest absolute Gasteiger partial charge is 0.484 e. The maximum atomic E-state index is 13.1. The Bertz CT molecular complexity index is 715. The molecule has 1 amide bonds. The van der Waals surface area contributed by atoms with E-state index in [0.717, 1.165) is 31.2 Å². The lowest BCUT2D eigenvalue weighted by Gasteiger charge is -2.41. The van der Waals surface area contributed by atoms with Gasteiger partial charge in [0.15, 0.2) is 6.61 Å². The van der Waals surface area contributed by atoms with Gasteiger partial charge in [0.05, 0.1) is 0 Å². The summed E-state index contributed by atoms with van der Waals surface area (Å²) in [6.07, 6.45) is 13.4. The fourth-order valence-corrected chi connectivity index (χ4v) is 4.64. The molecule has 2 aromatic rings. The topological polar surface area (TPSA) is 68.5 Å². The number of aromatic nitrogens is 2. The van der Waals surface area contributed by atoms with Gasteiger partial charge in [0, 0.05) is 17.6 Å². The molecule has 0 unspecified atom stereocenters. The van der Waals surface area contributed by atoms with E-state index >= 15 is 0 Å². The molecule has 0 N–H and O–H groups in total. The summed E-state index contributed by atoms with van der Waals surface area (Å²) in [5.41, 5.74) is 0.835. The number of carbonyl (C=O) groups is 1. The van der Waals surface area contributed by atoms with Gasteiger partial charge < -0.3 is 14.1 Å². The number of amides is 1. The van der Waals surface area contributed by atoms with Crippen LogP contribution in [0.3, 0.4) is 0 Å². The number of ether oxygens (including phenoxy) is 1. The van der Waals surface area contributed by atoms with Gasteiger partial charge in [-0.15, -0.1) is 10.2 Å². The van der Waals surface area contributed by atoms with E-state index < -0.39 is 0 Å². The summed E-state index contributed by atoms with van der Waals surface area (Å²) in [5.74, 6) is 1.30. The molecular weight excluding hydrogens is 354 g/mol. The molecule has 1 aromatic heterocycles. The Morgan fingerprint density at radius 1 is 0.964 bits per heavy atom. The third-order valence-corrected chi connectivity index (χ3v) is 6.05. The van der Waals surface area contributed by atoms with Crippen LogP contribution in [0.25, 0.3) is 11.5 Å². The van der Waals surface area contributed by atoms with Crippen molar-refractivity contribution in [2.75, 3.05) is 6.61 Å². The SMILES string of the molecule is O=C(COc1ccc(-c2nnco2)cc1)N(C1CCCCC1)C1CCCCC1. The molecule has 0 atom stereocenters. The summed E-state index contributed by atoms with van der Waals surface area (Å²) in [5, 5.41) is 7.59. The Morgan fingerprint density at radius 3 is 2.11 bits per heavy atom. The summed E-state index contributed by atoms with van der Waals surface area (Å²) in [4.78, 5) is 15.3. The van der Waals surface area contributed by atoms with Gasteiger partial charge in [-0.2, -0.15) is 0 Å². The summed E-state index contributed by atoms with van der Waals surface area (Å²) >= 11 is 0. The third kappa shape index (κ3) is 4.54. The third-order valence-electron chi connectivity index (χ3n) is 6.05. The lowest BCUT2D eigenvalue weighted by Crippen LogP contribution is -2.50. The molecule has 150 valence electrons. The molecule has 2 fully saturated rings. The van der Waals surface area contributed by atoms with Crippen LogP contribution >= 0.6 is 0 Å². The smallest absolute Gasteiger partial charge is 0.261 e. The molecule has 0 aliphatic heterocycles. The highest BCUT2D eigenvalue weighted by Crippen LogP contribution is 2.30. The number of hydrogen-bond donors (Lipinski definition) is 0. The molecule has 6 nitrogen and oxygen atoms in total. The minimum absolute atomic E-state index is 0.104. The average Bonchev–Trinajstić information content (AvgIpc) is 3.29. The molecule has 0 saturated heterocycles. The Labute approximate surface area is 166 Å². The second-order valence-electron chi connectivity index (χ2n) is 7.94. The lowest BCUT2D eigenvalue weighted by molar-refractivity contribution is -0.140. The van der Waals surface area contributed by atoms with Crippen LogP contribution in [0.1, 0.15) is 64.2 Å². The van der Waals surface area contributed by atoms with Crippen LogP contribution in [0, 0.1) is 0 Å². The van der Waals surface area contributed by atoms with Crippen molar-refractivity contribution in [1.82, 2.24) is 15.1 Å². The molecule has 0 radical (unpaired) electrons.